The first-order chi connectivity index (χ1) is 7.89. The zero-order chi connectivity index (χ0) is 12.6. The highest BCUT2D eigenvalue weighted by Crippen LogP contribution is 2.25. The van der Waals surface area contributed by atoms with Crippen LogP contribution < -0.4 is 11.1 Å². The summed E-state index contributed by atoms with van der Waals surface area (Å²) in [4.78, 5) is 15.2. The zero-order valence-corrected chi connectivity index (χ0v) is 10.2. The summed E-state index contributed by atoms with van der Waals surface area (Å²) in [5, 5.41) is 2.57. The summed E-state index contributed by atoms with van der Waals surface area (Å²) in [6.07, 6.45) is 3.75. The van der Waals surface area contributed by atoms with E-state index in [1.165, 1.54) is 0 Å². The second-order valence-electron chi connectivity index (χ2n) is 5.00. The molecule has 5 nitrogen and oxygen atoms in total. The maximum absolute atomic E-state index is 10.9. The van der Waals surface area contributed by atoms with Crippen LogP contribution in [0.2, 0.25) is 0 Å². The van der Waals surface area contributed by atoms with E-state index in [0.717, 1.165) is 5.69 Å². The van der Waals surface area contributed by atoms with Gasteiger partial charge < -0.3 is 15.5 Å². The van der Waals surface area contributed by atoms with E-state index >= 15 is 0 Å². The Morgan fingerprint density at radius 2 is 2.18 bits per heavy atom. The molecule has 2 aromatic heterocycles. The number of nitrogens with zero attached hydrogens (tertiary/aromatic N) is 2. The number of aromatic nitrogens is 2. The van der Waals surface area contributed by atoms with Gasteiger partial charge in [-0.1, -0.05) is 20.8 Å². The molecule has 0 bridgehead atoms. The monoisotopic (exact) mass is 232 g/mol. The van der Waals surface area contributed by atoms with E-state index in [1.54, 1.807) is 6.07 Å². The van der Waals surface area contributed by atoms with Crippen molar-refractivity contribution in [3.63, 3.8) is 0 Å². The molecule has 0 radical (unpaired) electrons. The number of hydrogen-bond donors (Lipinski definition) is 2. The number of hydrogen-bond acceptors (Lipinski definition) is 2. The van der Waals surface area contributed by atoms with Crippen molar-refractivity contribution in [3.8, 4) is 0 Å². The van der Waals surface area contributed by atoms with Crippen LogP contribution in [0.1, 0.15) is 26.5 Å². The molecule has 5 heteroatoms. The summed E-state index contributed by atoms with van der Waals surface area (Å²) in [5.41, 5.74) is 7.52. The minimum Gasteiger partial charge on any atom is -0.351 e. The minimum absolute atomic E-state index is 0.00916. The van der Waals surface area contributed by atoms with E-state index in [9.17, 15) is 4.79 Å². The van der Waals surface area contributed by atoms with Crippen molar-refractivity contribution in [1.82, 2.24) is 9.38 Å². The second kappa shape index (κ2) is 3.76. The largest absolute Gasteiger partial charge is 0.351 e. The Hall–Kier alpha value is -2.04. The first-order valence-corrected chi connectivity index (χ1v) is 5.42. The van der Waals surface area contributed by atoms with Crippen LogP contribution in [0.5, 0.6) is 0 Å². The third kappa shape index (κ3) is 2.08. The molecule has 90 valence electrons. The first-order valence-electron chi connectivity index (χ1n) is 5.42. The standard InChI is InChI=1S/C12H16N4O/c1-12(2,3)9-7-14-10-8(15-11(13)17)5-4-6-16(9)10/h4-7H,1-3H3,(H3,13,15,17). The molecule has 0 aliphatic carbocycles. The number of primary amides is 1. The van der Waals surface area contributed by atoms with Crippen molar-refractivity contribution in [1.29, 1.82) is 0 Å². The Kier molecular flexibility index (Phi) is 2.53. The molecule has 0 aliphatic heterocycles. The predicted octanol–water partition coefficient (Wildman–Crippen LogP) is 2.12. The quantitative estimate of drug-likeness (QED) is 0.790. The number of rotatable bonds is 1. The molecule has 0 aromatic carbocycles. The highest BCUT2D eigenvalue weighted by Gasteiger charge is 2.19. The molecule has 2 amide bonds. The molecule has 3 N–H and O–H groups in total. The van der Waals surface area contributed by atoms with Crippen LogP contribution >= 0.6 is 0 Å². The van der Waals surface area contributed by atoms with Gasteiger partial charge in [0.1, 0.15) is 0 Å². The minimum atomic E-state index is -0.585. The van der Waals surface area contributed by atoms with Crippen LogP contribution in [0.15, 0.2) is 24.5 Å². The molecule has 0 atom stereocenters. The Morgan fingerprint density at radius 1 is 1.47 bits per heavy atom. The van der Waals surface area contributed by atoms with Gasteiger partial charge in [0.25, 0.3) is 0 Å². The molecule has 17 heavy (non-hydrogen) atoms. The van der Waals surface area contributed by atoms with Gasteiger partial charge in [-0.15, -0.1) is 0 Å². The lowest BCUT2D eigenvalue weighted by molar-refractivity contribution is 0.259. The highest BCUT2D eigenvalue weighted by atomic mass is 16.2. The van der Waals surface area contributed by atoms with Crippen LogP contribution in [-0.4, -0.2) is 15.4 Å². The number of urea groups is 1. The number of carbonyl (C=O) groups excluding carboxylic acids is 1. The van der Waals surface area contributed by atoms with Gasteiger partial charge in [-0.3, -0.25) is 0 Å². The van der Waals surface area contributed by atoms with Crippen molar-refractivity contribution in [2.75, 3.05) is 5.32 Å². The van der Waals surface area contributed by atoms with Crippen molar-refractivity contribution >= 4 is 17.4 Å². The topological polar surface area (TPSA) is 72.4 Å². The van der Waals surface area contributed by atoms with Crippen molar-refractivity contribution in [3.05, 3.63) is 30.2 Å². The number of imidazole rings is 1. The van der Waals surface area contributed by atoms with Gasteiger partial charge >= 0.3 is 6.03 Å². The molecule has 0 aliphatic rings. The van der Waals surface area contributed by atoms with Crippen molar-refractivity contribution < 1.29 is 4.79 Å². The molecule has 2 aromatic rings. The predicted molar refractivity (Wildman–Crippen MR) is 67.1 cm³/mol. The van der Waals surface area contributed by atoms with Gasteiger partial charge in [0.05, 0.1) is 5.69 Å². The summed E-state index contributed by atoms with van der Waals surface area (Å²) in [6, 6.07) is 3.05. The van der Waals surface area contributed by atoms with E-state index in [2.05, 4.69) is 31.1 Å². The van der Waals surface area contributed by atoms with Crippen LogP contribution in [0, 0.1) is 0 Å². The van der Waals surface area contributed by atoms with Gasteiger partial charge in [0.2, 0.25) is 0 Å². The van der Waals surface area contributed by atoms with Gasteiger partial charge in [-0.05, 0) is 12.1 Å². The first kappa shape index (κ1) is 11.4. The Morgan fingerprint density at radius 3 is 2.76 bits per heavy atom. The molecule has 0 fully saturated rings. The van der Waals surface area contributed by atoms with Crippen molar-refractivity contribution in [2.45, 2.75) is 26.2 Å². The smallest absolute Gasteiger partial charge is 0.316 e. The molecular formula is C12H16N4O. The average Bonchev–Trinajstić information content (AvgIpc) is 2.60. The lowest BCUT2D eigenvalue weighted by atomic mass is 9.93. The number of pyridine rings is 1. The number of carbonyl (C=O) groups is 1. The third-order valence-corrected chi connectivity index (χ3v) is 2.56. The van der Waals surface area contributed by atoms with E-state index in [0.29, 0.717) is 11.3 Å². The number of fused-ring (bicyclic) bond motifs is 1. The zero-order valence-electron chi connectivity index (χ0n) is 10.2. The second-order valence-corrected chi connectivity index (χ2v) is 5.00. The summed E-state index contributed by atoms with van der Waals surface area (Å²) in [6.45, 7) is 6.35. The third-order valence-electron chi connectivity index (χ3n) is 2.56. The summed E-state index contributed by atoms with van der Waals surface area (Å²) < 4.78 is 1.96. The molecular weight excluding hydrogens is 216 g/mol. The maximum Gasteiger partial charge on any atom is 0.316 e. The molecule has 0 unspecified atom stereocenters. The van der Waals surface area contributed by atoms with Crippen molar-refractivity contribution in [2.24, 2.45) is 5.73 Å². The van der Waals surface area contributed by atoms with Gasteiger partial charge in [-0.25, -0.2) is 9.78 Å². The Balaban J connectivity index is 2.61. The number of nitrogens with one attached hydrogen (secondary N) is 1. The van der Waals surface area contributed by atoms with Crippen LogP contribution in [-0.2, 0) is 5.41 Å². The van der Waals surface area contributed by atoms with Gasteiger partial charge in [-0.2, -0.15) is 0 Å². The van der Waals surface area contributed by atoms with E-state index in [4.69, 9.17) is 5.73 Å². The SMILES string of the molecule is CC(C)(C)c1cnc2c(NC(N)=O)cccn12. The summed E-state index contributed by atoms with van der Waals surface area (Å²) >= 11 is 0. The van der Waals surface area contributed by atoms with Gasteiger partial charge in [0.15, 0.2) is 5.65 Å². The fourth-order valence-electron chi connectivity index (χ4n) is 1.80. The molecule has 2 heterocycles. The number of nitrogens with two attached hydrogens (primary N) is 1. The normalized spacial score (nSPS) is 11.7. The van der Waals surface area contributed by atoms with E-state index in [-0.39, 0.29) is 5.41 Å². The summed E-state index contributed by atoms with van der Waals surface area (Å²) in [7, 11) is 0. The molecule has 0 spiro atoms. The lowest BCUT2D eigenvalue weighted by Crippen LogP contribution is -2.20. The fourth-order valence-corrected chi connectivity index (χ4v) is 1.80. The maximum atomic E-state index is 10.9. The van der Waals surface area contributed by atoms with Crippen LogP contribution in [0.25, 0.3) is 5.65 Å². The van der Waals surface area contributed by atoms with Crippen LogP contribution in [0.4, 0.5) is 10.5 Å². The molecule has 0 saturated heterocycles. The lowest BCUT2D eigenvalue weighted by Gasteiger charge is -2.17. The molecule has 2 rings (SSSR count). The van der Waals surface area contributed by atoms with E-state index in [1.807, 2.05) is 22.9 Å². The van der Waals surface area contributed by atoms with E-state index < -0.39 is 6.03 Å². The number of amides is 2. The Bertz CT molecular complexity index is 565. The summed E-state index contributed by atoms with van der Waals surface area (Å²) in [5.74, 6) is 0. The van der Waals surface area contributed by atoms with Crippen LogP contribution in [0.3, 0.4) is 0 Å². The highest BCUT2D eigenvalue weighted by molar-refractivity contribution is 5.91. The Labute approximate surface area is 99.6 Å². The fraction of sp³-hybridized carbons (Fsp3) is 0.333. The number of anilines is 1. The molecule has 0 saturated carbocycles. The average molecular weight is 232 g/mol. The van der Waals surface area contributed by atoms with Gasteiger partial charge in [0, 0.05) is 23.5 Å².